The van der Waals surface area contributed by atoms with Crippen molar-refractivity contribution in [2.75, 3.05) is 0 Å². The first-order chi connectivity index (χ1) is 10.1. The normalized spacial score (nSPS) is 13.1. The van der Waals surface area contributed by atoms with E-state index in [1.165, 1.54) is 4.70 Å². The van der Waals surface area contributed by atoms with E-state index in [0.717, 1.165) is 23.3 Å². The van der Waals surface area contributed by atoms with Gasteiger partial charge < -0.3 is 5.11 Å². The fraction of sp³-hybridized carbons (Fsp3) is 0.375. The second-order valence-electron chi connectivity index (χ2n) is 5.66. The van der Waals surface area contributed by atoms with Crippen molar-refractivity contribution in [2.24, 2.45) is 5.92 Å². The molecule has 2 aromatic heterocycles. The Morgan fingerprint density at radius 3 is 2.90 bits per heavy atom. The predicted octanol–water partition coefficient (Wildman–Crippen LogP) is 3.42. The van der Waals surface area contributed by atoms with Gasteiger partial charge in [-0.05, 0) is 28.3 Å². The van der Waals surface area contributed by atoms with Crippen molar-refractivity contribution in [3.8, 4) is 0 Å². The second kappa shape index (κ2) is 5.95. The summed E-state index contributed by atoms with van der Waals surface area (Å²) in [5.41, 5.74) is 0.981. The quantitative estimate of drug-likeness (QED) is 0.785. The molecule has 0 spiro atoms. The van der Waals surface area contributed by atoms with E-state index in [0.29, 0.717) is 12.3 Å². The first-order valence-corrected chi connectivity index (χ1v) is 8.04. The van der Waals surface area contributed by atoms with Gasteiger partial charge in [-0.15, -0.1) is 11.3 Å². The Bertz CT molecular complexity index is 732. The van der Waals surface area contributed by atoms with Crippen molar-refractivity contribution >= 4 is 21.4 Å². The second-order valence-corrected chi connectivity index (χ2v) is 6.57. The summed E-state index contributed by atoms with van der Waals surface area (Å²) in [6, 6.07) is 8.17. The highest BCUT2D eigenvalue weighted by molar-refractivity contribution is 7.17. The molecule has 0 aliphatic rings. The van der Waals surface area contributed by atoms with E-state index < -0.39 is 6.10 Å². The molecule has 21 heavy (non-hydrogen) atoms. The van der Waals surface area contributed by atoms with E-state index in [9.17, 15) is 5.11 Å². The summed E-state index contributed by atoms with van der Waals surface area (Å²) in [6.07, 6.45) is 1.51. The molecular weight excluding hydrogens is 282 g/mol. The van der Waals surface area contributed by atoms with Crippen LogP contribution in [0.4, 0.5) is 0 Å². The van der Waals surface area contributed by atoms with E-state index >= 15 is 0 Å². The summed E-state index contributed by atoms with van der Waals surface area (Å²) in [4.78, 5) is 4.29. The lowest BCUT2D eigenvalue weighted by molar-refractivity contribution is 0.175. The Hall–Kier alpha value is -1.72. The van der Waals surface area contributed by atoms with Crippen LogP contribution in [-0.2, 0) is 13.0 Å². The highest BCUT2D eigenvalue weighted by Crippen LogP contribution is 2.31. The maximum Gasteiger partial charge on any atom is 0.138 e. The van der Waals surface area contributed by atoms with Crippen molar-refractivity contribution in [1.29, 1.82) is 0 Å². The van der Waals surface area contributed by atoms with Crippen LogP contribution < -0.4 is 0 Å². The number of benzene rings is 1. The zero-order valence-corrected chi connectivity index (χ0v) is 13.0. The Labute approximate surface area is 128 Å². The Morgan fingerprint density at radius 1 is 1.29 bits per heavy atom. The Kier molecular flexibility index (Phi) is 4.03. The largest absolute Gasteiger partial charge is 0.388 e. The average Bonchev–Trinajstić information content (AvgIpc) is 3.05. The minimum Gasteiger partial charge on any atom is -0.388 e. The summed E-state index contributed by atoms with van der Waals surface area (Å²) in [7, 11) is 0. The van der Waals surface area contributed by atoms with Gasteiger partial charge in [0.05, 0.1) is 6.10 Å². The number of thiophene rings is 1. The van der Waals surface area contributed by atoms with Crippen LogP contribution in [0.15, 0.2) is 36.0 Å². The van der Waals surface area contributed by atoms with Crippen molar-refractivity contribution in [2.45, 2.75) is 32.9 Å². The Balaban J connectivity index is 1.83. The molecule has 110 valence electrons. The number of fused-ring (bicyclic) bond motifs is 1. The molecule has 2 heterocycles. The number of hydrogen-bond donors (Lipinski definition) is 1. The molecule has 1 N–H and O–H groups in total. The number of aliphatic hydroxyl groups is 1. The Morgan fingerprint density at radius 2 is 2.10 bits per heavy atom. The summed E-state index contributed by atoms with van der Waals surface area (Å²) in [6.45, 7) is 5.12. The topological polar surface area (TPSA) is 50.9 Å². The van der Waals surface area contributed by atoms with Crippen molar-refractivity contribution in [1.82, 2.24) is 14.8 Å². The van der Waals surface area contributed by atoms with Crippen LogP contribution >= 0.6 is 11.3 Å². The van der Waals surface area contributed by atoms with Gasteiger partial charge in [0.15, 0.2) is 0 Å². The number of nitrogens with zero attached hydrogens (tertiary/aromatic N) is 3. The molecule has 3 rings (SSSR count). The summed E-state index contributed by atoms with van der Waals surface area (Å²) >= 11 is 1.67. The molecule has 0 fully saturated rings. The third-order valence-corrected chi connectivity index (χ3v) is 4.46. The third-order valence-electron chi connectivity index (χ3n) is 3.48. The molecular formula is C16H19N3OS. The van der Waals surface area contributed by atoms with Crippen molar-refractivity contribution in [3.63, 3.8) is 0 Å². The van der Waals surface area contributed by atoms with Crippen molar-refractivity contribution in [3.05, 3.63) is 47.4 Å². The van der Waals surface area contributed by atoms with Crippen LogP contribution in [0.25, 0.3) is 10.1 Å². The molecule has 0 saturated carbocycles. The van der Waals surface area contributed by atoms with Crippen molar-refractivity contribution < 1.29 is 5.11 Å². The highest BCUT2D eigenvalue weighted by Gasteiger charge is 2.17. The van der Waals surface area contributed by atoms with Crippen LogP contribution in [0.3, 0.4) is 0 Å². The maximum atomic E-state index is 10.6. The molecule has 4 nitrogen and oxygen atoms in total. The number of aliphatic hydroxyl groups excluding tert-OH is 1. The van der Waals surface area contributed by atoms with Gasteiger partial charge in [0.25, 0.3) is 0 Å². The standard InChI is InChI=1S/C16H19N3OS/c1-11(2)8-19-16(17-10-18-19)7-14(20)13-9-21-15-6-4-3-5-12(13)15/h3-6,9-11,14,20H,7-8H2,1-2H3. The number of hydrogen-bond acceptors (Lipinski definition) is 4. The third kappa shape index (κ3) is 2.99. The van der Waals surface area contributed by atoms with Gasteiger partial charge >= 0.3 is 0 Å². The van der Waals surface area contributed by atoms with Gasteiger partial charge in [0.1, 0.15) is 12.2 Å². The molecule has 1 atom stereocenters. The van der Waals surface area contributed by atoms with Gasteiger partial charge in [-0.25, -0.2) is 9.67 Å². The fourth-order valence-corrected chi connectivity index (χ4v) is 3.49. The van der Waals surface area contributed by atoms with E-state index in [4.69, 9.17) is 0 Å². The van der Waals surface area contributed by atoms with Gasteiger partial charge in [-0.1, -0.05) is 32.0 Å². The molecule has 0 aliphatic carbocycles. The minimum atomic E-state index is -0.545. The summed E-state index contributed by atoms with van der Waals surface area (Å²) in [5, 5.41) is 18.0. The zero-order valence-electron chi connectivity index (χ0n) is 12.2. The fourth-order valence-electron chi connectivity index (χ4n) is 2.48. The number of rotatable bonds is 5. The van der Waals surface area contributed by atoms with E-state index in [1.807, 2.05) is 22.2 Å². The summed E-state index contributed by atoms with van der Waals surface area (Å²) in [5.74, 6) is 1.34. The molecule has 1 unspecified atom stereocenters. The zero-order chi connectivity index (χ0) is 14.8. The van der Waals surface area contributed by atoms with Gasteiger partial charge in [0, 0.05) is 17.7 Å². The summed E-state index contributed by atoms with van der Waals surface area (Å²) < 4.78 is 3.10. The van der Waals surface area contributed by atoms with E-state index in [1.54, 1.807) is 17.7 Å². The monoisotopic (exact) mass is 301 g/mol. The van der Waals surface area contributed by atoms with Crippen LogP contribution in [0.5, 0.6) is 0 Å². The molecule has 0 radical (unpaired) electrons. The van der Waals surface area contributed by atoms with Crippen LogP contribution in [0, 0.1) is 5.92 Å². The van der Waals surface area contributed by atoms with E-state index in [-0.39, 0.29) is 0 Å². The molecule has 1 aromatic carbocycles. The SMILES string of the molecule is CC(C)Cn1ncnc1CC(O)c1csc2ccccc12. The first-order valence-electron chi connectivity index (χ1n) is 7.16. The van der Waals surface area contributed by atoms with E-state index in [2.05, 4.69) is 36.1 Å². The molecule has 5 heteroatoms. The molecule has 3 aromatic rings. The van der Waals surface area contributed by atoms with Gasteiger partial charge in [-0.3, -0.25) is 0 Å². The molecule has 0 aliphatic heterocycles. The lowest BCUT2D eigenvalue weighted by Crippen LogP contribution is -2.13. The minimum absolute atomic E-state index is 0.493. The van der Waals surface area contributed by atoms with Crippen LogP contribution in [0.1, 0.15) is 31.3 Å². The van der Waals surface area contributed by atoms with Gasteiger partial charge in [-0.2, -0.15) is 5.10 Å². The lowest BCUT2D eigenvalue weighted by atomic mass is 10.1. The average molecular weight is 301 g/mol. The predicted molar refractivity (Wildman–Crippen MR) is 85.3 cm³/mol. The molecule has 0 bridgehead atoms. The maximum absolute atomic E-state index is 10.6. The van der Waals surface area contributed by atoms with Crippen LogP contribution in [-0.4, -0.2) is 19.9 Å². The van der Waals surface area contributed by atoms with Crippen LogP contribution in [0.2, 0.25) is 0 Å². The number of aromatic nitrogens is 3. The smallest absolute Gasteiger partial charge is 0.138 e. The lowest BCUT2D eigenvalue weighted by Gasteiger charge is -2.12. The molecule has 0 saturated heterocycles. The molecule has 0 amide bonds. The first kappa shape index (κ1) is 14.2. The highest BCUT2D eigenvalue weighted by atomic mass is 32.1. The van der Waals surface area contributed by atoms with Gasteiger partial charge in [0.2, 0.25) is 0 Å².